The molecule has 14 heavy (non-hydrogen) atoms. The van der Waals surface area contributed by atoms with Crippen LogP contribution >= 0.6 is 0 Å². The molecular formula is C11H10NO2. The molecular weight excluding hydrogens is 178 g/mol. The minimum atomic E-state index is -0.188. The Morgan fingerprint density at radius 2 is 2.00 bits per heavy atom. The van der Waals surface area contributed by atoms with Gasteiger partial charge in [0.05, 0.1) is 5.69 Å². The highest BCUT2D eigenvalue weighted by molar-refractivity contribution is 6.20. The van der Waals surface area contributed by atoms with Crippen molar-refractivity contribution in [3.8, 4) is 0 Å². The Morgan fingerprint density at radius 3 is 2.50 bits per heavy atom. The minimum Gasteiger partial charge on any atom is -0.274 e. The van der Waals surface area contributed by atoms with Crippen LogP contribution < -0.4 is 4.90 Å². The molecule has 0 N–H and O–H groups in total. The molecule has 2 rings (SSSR count). The molecule has 0 saturated carbocycles. The average molecular weight is 188 g/mol. The van der Waals surface area contributed by atoms with Crippen LogP contribution in [0.15, 0.2) is 24.3 Å². The number of hydrogen-bond donors (Lipinski definition) is 0. The normalized spacial score (nSPS) is 21.8. The topological polar surface area (TPSA) is 37.4 Å². The lowest BCUT2D eigenvalue weighted by Crippen LogP contribution is -2.29. The molecule has 71 valence electrons. The van der Waals surface area contributed by atoms with Gasteiger partial charge in [-0.25, -0.2) is 0 Å². The number of carbonyl (C=O) groups is 2. The van der Waals surface area contributed by atoms with Gasteiger partial charge in [0.25, 0.3) is 0 Å². The first kappa shape index (κ1) is 8.94. The van der Waals surface area contributed by atoms with E-state index in [4.69, 9.17) is 0 Å². The lowest BCUT2D eigenvalue weighted by atomic mass is 10.1. The molecule has 0 bridgehead atoms. The lowest BCUT2D eigenvalue weighted by Gasteiger charge is -2.13. The van der Waals surface area contributed by atoms with Gasteiger partial charge in [-0.2, -0.15) is 0 Å². The van der Waals surface area contributed by atoms with Gasteiger partial charge >= 0.3 is 0 Å². The van der Waals surface area contributed by atoms with Crippen molar-refractivity contribution in [2.75, 3.05) is 4.90 Å². The third-order valence-corrected chi connectivity index (χ3v) is 2.33. The molecule has 1 aliphatic heterocycles. The van der Waals surface area contributed by atoms with Gasteiger partial charge in [-0.15, -0.1) is 0 Å². The first-order chi connectivity index (χ1) is 6.70. The highest BCUT2D eigenvalue weighted by Gasteiger charge is 2.36. The summed E-state index contributed by atoms with van der Waals surface area (Å²) in [5, 5.41) is 0. The van der Waals surface area contributed by atoms with Gasteiger partial charge in [0.1, 0.15) is 0 Å². The first-order valence-corrected chi connectivity index (χ1v) is 4.53. The molecule has 2 amide bonds. The Labute approximate surface area is 82.3 Å². The van der Waals surface area contributed by atoms with Gasteiger partial charge in [-0.3, -0.25) is 14.5 Å². The van der Waals surface area contributed by atoms with Crippen LogP contribution in [0.3, 0.4) is 0 Å². The Hall–Kier alpha value is -1.64. The number of amides is 2. The van der Waals surface area contributed by atoms with Crippen molar-refractivity contribution in [1.82, 2.24) is 0 Å². The van der Waals surface area contributed by atoms with Crippen molar-refractivity contribution in [2.24, 2.45) is 5.92 Å². The van der Waals surface area contributed by atoms with E-state index in [1.165, 1.54) is 4.90 Å². The van der Waals surface area contributed by atoms with Crippen LogP contribution in [-0.4, -0.2) is 11.8 Å². The van der Waals surface area contributed by atoms with Crippen molar-refractivity contribution in [2.45, 2.75) is 13.3 Å². The molecule has 1 fully saturated rings. The zero-order chi connectivity index (χ0) is 10.1. The van der Waals surface area contributed by atoms with Crippen molar-refractivity contribution >= 4 is 17.5 Å². The monoisotopic (exact) mass is 188 g/mol. The predicted octanol–water partition coefficient (Wildman–Crippen LogP) is 1.39. The number of carbonyl (C=O) groups excluding carboxylic acids is 2. The molecule has 1 aliphatic rings. The number of anilines is 1. The third kappa shape index (κ3) is 1.31. The Kier molecular flexibility index (Phi) is 2.08. The summed E-state index contributed by atoms with van der Waals surface area (Å²) in [6.45, 7) is 1.77. The van der Waals surface area contributed by atoms with Crippen molar-refractivity contribution < 1.29 is 9.59 Å². The van der Waals surface area contributed by atoms with E-state index in [1.54, 1.807) is 31.2 Å². The summed E-state index contributed by atoms with van der Waals surface area (Å²) in [6.07, 6.45) is 0.317. The molecule has 1 saturated heterocycles. The SMILES string of the molecule is CC1CC(=O)N(c2cc[c]cc2)C1=O. The zero-order valence-corrected chi connectivity index (χ0v) is 7.86. The molecule has 1 unspecified atom stereocenters. The molecule has 0 aromatic heterocycles. The van der Waals surface area contributed by atoms with E-state index < -0.39 is 0 Å². The van der Waals surface area contributed by atoms with Crippen LogP contribution in [0, 0.1) is 12.0 Å². The first-order valence-electron chi connectivity index (χ1n) is 4.53. The Bertz CT molecular complexity index is 372. The molecule has 1 aromatic rings. The third-order valence-electron chi connectivity index (χ3n) is 2.33. The fourth-order valence-corrected chi connectivity index (χ4v) is 1.58. The summed E-state index contributed by atoms with van der Waals surface area (Å²) in [6, 6.07) is 9.67. The van der Waals surface area contributed by atoms with Gasteiger partial charge in [-0.1, -0.05) is 19.1 Å². The fraction of sp³-hybridized carbons (Fsp3) is 0.273. The predicted molar refractivity (Wildman–Crippen MR) is 51.6 cm³/mol. The molecule has 3 nitrogen and oxygen atoms in total. The van der Waals surface area contributed by atoms with Crippen LogP contribution in [0.25, 0.3) is 0 Å². The van der Waals surface area contributed by atoms with E-state index in [0.29, 0.717) is 12.1 Å². The summed E-state index contributed by atoms with van der Waals surface area (Å²) in [5.74, 6) is -0.415. The van der Waals surface area contributed by atoms with Gasteiger partial charge in [-0.05, 0) is 18.2 Å². The van der Waals surface area contributed by atoms with Crippen LogP contribution in [0.1, 0.15) is 13.3 Å². The van der Waals surface area contributed by atoms with Crippen molar-refractivity contribution in [1.29, 1.82) is 0 Å². The highest BCUT2D eigenvalue weighted by atomic mass is 16.2. The van der Waals surface area contributed by atoms with Gasteiger partial charge < -0.3 is 0 Å². The quantitative estimate of drug-likeness (QED) is 0.624. The van der Waals surface area contributed by atoms with E-state index in [9.17, 15) is 9.59 Å². The van der Waals surface area contributed by atoms with E-state index in [2.05, 4.69) is 6.07 Å². The molecule has 0 spiro atoms. The highest BCUT2D eigenvalue weighted by Crippen LogP contribution is 2.25. The maximum absolute atomic E-state index is 11.6. The van der Waals surface area contributed by atoms with Gasteiger partial charge in [0.15, 0.2) is 0 Å². The molecule has 0 aliphatic carbocycles. The Balaban J connectivity index is 2.36. The van der Waals surface area contributed by atoms with Gasteiger partial charge in [0, 0.05) is 12.3 Å². The van der Waals surface area contributed by atoms with E-state index in [1.807, 2.05) is 0 Å². The molecule has 3 heteroatoms. The summed E-state index contributed by atoms with van der Waals surface area (Å²) in [4.78, 5) is 24.4. The second-order valence-electron chi connectivity index (χ2n) is 3.43. The number of imide groups is 1. The molecule has 1 radical (unpaired) electrons. The minimum absolute atomic E-state index is 0.110. The zero-order valence-electron chi connectivity index (χ0n) is 7.86. The van der Waals surface area contributed by atoms with E-state index in [-0.39, 0.29) is 17.7 Å². The molecule has 1 heterocycles. The van der Waals surface area contributed by atoms with Gasteiger partial charge in [0.2, 0.25) is 11.8 Å². The standard InChI is InChI=1S/C11H10NO2/c1-8-7-10(13)12(11(8)14)9-5-3-2-4-6-9/h3-6,8H,7H2,1H3. The van der Waals surface area contributed by atoms with Crippen LogP contribution in [-0.2, 0) is 9.59 Å². The summed E-state index contributed by atoms with van der Waals surface area (Å²) in [5.41, 5.74) is 0.642. The van der Waals surface area contributed by atoms with E-state index >= 15 is 0 Å². The summed E-state index contributed by atoms with van der Waals surface area (Å²) in [7, 11) is 0. The molecule has 1 atom stereocenters. The van der Waals surface area contributed by atoms with E-state index in [0.717, 1.165) is 0 Å². The second-order valence-corrected chi connectivity index (χ2v) is 3.43. The number of nitrogens with zero attached hydrogens (tertiary/aromatic N) is 1. The lowest BCUT2D eigenvalue weighted by molar-refractivity contribution is -0.122. The summed E-state index contributed by atoms with van der Waals surface area (Å²) < 4.78 is 0. The summed E-state index contributed by atoms with van der Waals surface area (Å²) >= 11 is 0. The number of benzene rings is 1. The maximum Gasteiger partial charge on any atom is 0.237 e. The fourth-order valence-electron chi connectivity index (χ4n) is 1.58. The average Bonchev–Trinajstić information content (AvgIpc) is 2.43. The smallest absolute Gasteiger partial charge is 0.237 e. The van der Waals surface area contributed by atoms with Crippen molar-refractivity contribution in [3.63, 3.8) is 0 Å². The molecule has 1 aromatic carbocycles. The largest absolute Gasteiger partial charge is 0.274 e. The Morgan fingerprint density at radius 1 is 1.36 bits per heavy atom. The number of hydrogen-bond acceptors (Lipinski definition) is 2. The second kappa shape index (κ2) is 3.25. The maximum atomic E-state index is 11.6. The van der Waals surface area contributed by atoms with Crippen LogP contribution in [0.5, 0.6) is 0 Å². The van der Waals surface area contributed by atoms with Crippen molar-refractivity contribution in [3.05, 3.63) is 30.3 Å². The number of rotatable bonds is 1. The van der Waals surface area contributed by atoms with Crippen LogP contribution in [0.4, 0.5) is 5.69 Å². The van der Waals surface area contributed by atoms with Crippen LogP contribution in [0.2, 0.25) is 0 Å².